The summed E-state index contributed by atoms with van der Waals surface area (Å²) < 4.78 is 4.98. The molecule has 0 bridgehead atoms. The van der Waals surface area contributed by atoms with Crippen LogP contribution in [0.3, 0.4) is 0 Å². The van der Waals surface area contributed by atoms with Gasteiger partial charge in [0, 0.05) is 13.0 Å². The molecule has 0 saturated carbocycles. The Hall–Kier alpha value is 0.467. The van der Waals surface area contributed by atoms with Gasteiger partial charge >= 0.3 is 0 Å². The molecule has 3 heteroatoms. The first kappa shape index (κ1) is 8.47. The van der Waals surface area contributed by atoms with E-state index in [1.807, 2.05) is 0 Å². The minimum atomic E-state index is -0.157. The standard InChI is InChI=1S/C5H13ClOSi/c1-7-8-5-3-2-4-6/h2-5,8H2,1H3. The fraction of sp³-hybridized carbons (Fsp3) is 1.00. The second kappa shape index (κ2) is 7.47. The Bertz CT molecular complexity index is 37.4. The summed E-state index contributed by atoms with van der Waals surface area (Å²) in [6.45, 7) is 0. The van der Waals surface area contributed by atoms with Gasteiger partial charge in [-0.05, 0) is 12.5 Å². The normalized spacial score (nSPS) is 11.2. The smallest absolute Gasteiger partial charge is 0.161 e. The zero-order valence-electron chi connectivity index (χ0n) is 5.32. The quantitative estimate of drug-likeness (QED) is 0.326. The van der Waals surface area contributed by atoms with Gasteiger partial charge in [0.1, 0.15) is 0 Å². The number of alkyl halides is 1. The molecular formula is C5H13ClOSi. The lowest BCUT2D eigenvalue weighted by Crippen LogP contribution is -1.91. The summed E-state index contributed by atoms with van der Waals surface area (Å²) in [4.78, 5) is 0. The van der Waals surface area contributed by atoms with E-state index in [0.29, 0.717) is 0 Å². The van der Waals surface area contributed by atoms with Crippen molar-refractivity contribution in [3.8, 4) is 0 Å². The number of unbranched alkanes of at least 4 members (excludes halogenated alkanes) is 1. The van der Waals surface area contributed by atoms with Crippen LogP contribution >= 0.6 is 11.6 Å². The molecule has 0 heterocycles. The van der Waals surface area contributed by atoms with Gasteiger partial charge < -0.3 is 4.43 Å². The molecule has 0 fully saturated rings. The van der Waals surface area contributed by atoms with Crippen LogP contribution in [-0.2, 0) is 4.43 Å². The highest BCUT2D eigenvalue weighted by molar-refractivity contribution is 6.26. The molecule has 0 amide bonds. The van der Waals surface area contributed by atoms with Gasteiger partial charge in [0.2, 0.25) is 0 Å². The van der Waals surface area contributed by atoms with Crippen molar-refractivity contribution >= 4 is 21.4 Å². The van der Waals surface area contributed by atoms with Crippen LogP contribution in [0.2, 0.25) is 6.04 Å². The lowest BCUT2D eigenvalue weighted by Gasteiger charge is -1.93. The molecule has 0 aromatic heterocycles. The minimum Gasteiger partial charge on any atom is -0.427 e. The van der Waals surface area contributed by atoms with E-state index in [1.165, 1.54) is 12.5 Å². The molecule has 0 unspecified atom stereocenters. The maximum Gasteiger partial charge on any atom is 0.161 e. The van der Waals surface area contributed by atoms with Crippen LogP contribution in [-0.4, -0.2) is 22.8 Å². The Labute approximate surface area is 58.3 Å². The third-order valence-corrected chi connectivity index (χ3v) is 2.45. The summed E-state index contributed by atoms with van der Waals surface area (Å²) >= 11 is 5.46. The van der Waals surface area contributed by atoms with E-state index in [2.05, 4.69) is 0 Å². The highest BCUT2D eigenvalue weighted by Gasteiger charge is 1.85. The Morgan fingerprint density at radius 1 is 1.50 bits per heavy atom. The van der Waals surface area contributed by atoms with Gasteiger partial charge in [-0.3, -0.25) is 0 Å². The summed E-state index contributed by atoms with van der Waals surface area (Å²) in [5.41, 5.74) is 0. The van der Waals surface area contributed by atoms with E-state index in [4.69, 9.17) is 16.0 Å². The maximum absolute atomic E-state index is 5.46. The van der Waals surface area contributed by atoms with Crippen LogP contribution < -0.4 is 0 Å². The van der Waals surface area contributed by atoms with Gasteiger partial charge in [-0.15, -0.1) is 11.6 Å². The van der Waals surface area contributed by atoms with Crippen LogP contribution in [0.15, 0.2) is 0 Å². The van der Waals surface area contributed by atoms with Gasteiger partial charge in [-0.1, -0.05) is 6.42 Å². The third-order valence-electron chi connectivity index (χ3n) is 0.982. The third kappa shape index (κ3) is 6.47. The van der Waals surface area contributed by atoms with Crippen molar-refractivity contribution in [2.24, 2.45) is 0 Å². The zero-order chi connectivity index (χ0) is 6.24. The molecule has 0 saturated heterocycles. The molecule has 0 N–H and O–H groups in total. The van der Waals surface area contributed by atoms with Crippen LogP contribution in [0.5, 0.6) is 0 Å². The molecule has 0 radical (unpaired) electrons. The maximum atomic E-state index is 5.46. The monoisotopic (exact) mass is 152 g/mol. The van der Waals surface area contributed by atoms with Gasteiger partial charge in [0.15, 0.2) is 9.76 Å². The summed E-state index contributed by atoms with van der Waals surface area (Å²) in [6.07, 6.45) is 2.40. The molecule has 0 aromatic carbocycles. The molecule has 0 aliphatic rings. The van der Waals surface area contributed by atoms with Crippen molar-refractivity contribution in [2.45, 2.75) is 18.9 Å². The highest BCUT2D eigenvalue weighted by Crippen LogP contribution is 1.95. The number of halogens is 1. The van der Waals surface area contributed by atoms with E-state index in [0.717, 1.165) is 12.3 Å². The minimum absolute atomic E-state index is 0.157. The molecule has 8 heavy (non-hydrogen) atoms. The molecule has 0 atom stereocenters. The average Bonchev–Trinajstić information content (AvgIpc) is 1.81. The predicted octanol–water partition coefficient (Wildman–Crippen LogP) is 1.15. The van der Waals surface area contributed by atoms with Gasteiger partial charge in [-0.2, -0.15) is 0 Å². The Morgan fingerprint density at radius 3 is 2.75 bits per heavy atom. The summed E-state index contributed by atoms with van der Waals surface area (Å²) in [6, 6.07) is 1.28. The molecule has 50 valence electrons. The lowest BCUT2D eigenvalue weighted by molar-refractivity contribution is 0.439. The second-order valence-corrected chi connectivity index (χ2v) is 3.81. The van der Waals surface area contributed by atoms with Gasteiger partial charge in [0.25, 0.3) is 0 Å². The Morgan fingerprint density at radius 2 is 2.25 bits per heavy atom. The fourth-order valence-electron chi connectivity index (χ4n) is 0.518. The lowest BCUT2D eigenvalue weighted by atomic mass is 10.4. The topological polar surface area (TPSA) is 9.23 Å². The summed E-state index contributed by atoms with van der Waals surface area (Å²) in [5.74, 6) is 0.804. The first-order valence-corrected chi connectivity index (χ1v) is 5.08. The van der Waals surface area contributed by atoms with Crippen molar-refractivity contribution in [1.29, 1.82) is 0 Å². The largest absolute Gasteiger partial charge is 0.427 e. The van der Waals surface area contributed by atoms with Crippen LogP contribution in [0, 0.1) is 0 Å². The molecule has 0 aliphatic carbocycles. The molecule has 1 nitrogen and oxygen atoms in total. The number of hydrogen-bond acceptors (Lipinski definition) is 1. The van der Waals surface area contributed by atoms with E-state index < -0.39 is 0 Å². The fourth-order valence-corrected chi connectivity index (χ4v) is 1.55. The van der Waals surface area contributed by atoms with Crippen LogP contribution in [0.1, 0.15) is 12.8 Å². The summed E-state index contributed by atoms with van der Waals surface area (Å²) in [7, 11) is 1.63. The Kier molecular flexibility index (Phi) is 7.90. The molecule has 0 aliphatic heterocycles. The molecule has 0 rings (SSSR count). The van der Waals surface area contributed by atoms with Gasteiger partial charge in [-0.25, -0.2) is 0 Å². The molecule has 0 aromatic rings. The second-order valence-electron chi connectivity index (χ2n) is 1.74. The summed E-state index contributed by atoms with van der Waals surface area (Å²) in [5, 5.41) is 0. The molecular weight excluding hydrogens is 140 g/mol. The van der Waals surface area contributed by atoms with E-state index in [-0.39, 0.29) is 9.76 Å². The van der Waals surface area contributed by atoms with Crippen LogP contribution in [0.4, 0.5) is 0 Å². The SMILES string of the molecule is CO[SiH2]CCCCCl. The average molecular weight is 153 g/mol. The van der Waals surface area contributed by atoms with E-state index in [1.54, 1.807) is 7.11 Å². The highest BCUT2D eigenvalue weighted by atomic mass is 35.5. The van der Waals surface area contributed by atoms with Crippen molar-refractivity contribution < 1.29 is 4.43 Å². The first-order chi connectivity index (χ1) is 3.91. The van der Waals surface area contributed by atoms with Crippen LogP contribution in [0.25, 0.3) is 0 Å². The number of rotatable bonds is 5. The van der Waals surface area contributed by atoms with Gasteiger partial charge in [0.05, 0.1) is 0 Å². The Balaban J connectivity index is 2.53. The zero-order valence-corrected chi connectivity index (χ0v) is 7.49. The predicted molar refractivity (Wildman–Crippen MR) is 40.3 cm³/mol. The van der Waals surface area contributed by atoms with E-state index in [9.17, 15) is 0 Å². The first-order valence-electron chi connectivity index (χ1n) is 2.96. The molecule has 0 spiro atoms. The number of hydrogen-bond donors (Lipinski definition) is 0. The van der Waals surface area contributed by atoms with Crippen molar-refractivity contribution in [3.05, 3.63) is 0 Å². The van der Waals surface area contributed by atoms with Crippen molar-refractivity contribution in [1.82, 2.24) is 0 Å². The van der Waals surface area contributed by atoms with Crippen molar-refractivity contribution in [2.75, 3.05) is 13.0 Å². The van der Waals surface area contributed by atoms with E-state index >= 15 is 0 Å². The van der Waals surface area contributed by atoms with Crippen molar-refractivity contribution in [3.63, 3.8) is 0 Å².